The lowest BCUT2D eigenvalue weighted by Crippen LogP contribution is -2.24. The molecule has 2 aromatic rings. The summed E-state index contributed by atoms with van der Waals surface area (Å²) < 4.78 is 0. The van der Waals surface area contributed by atoms with Crippen molar-refractivity contribution in [2.75, 3.05) is 6.54 Å². The van der Waals surface area contributed by atoms with Gasteiger partial charge in [-0.05, 0) is 43.0 Å². The van der Waals surface area contributed by atoms with Gasteiger partial charge in [0, 0.05) is 11.1 Å². The normalized spacial score (nSPS) is 12.6. The third-order valence-electron chi connectivity index (χ3n) is 2.79. The Morgan fingerprint density at radius 2 is 2.16 bits per heavy atom. The molecule has 0 aliphatic heterocycles. The minimum atomic E-state index is 0.0228. The summed E-state index contributed by atoms with van der Waals surface area (Å²) in [6, 6.07) is 3.94. The van der Waals surface area contributed by atoms with E-state index in [9.17, 15) is 0 Å². The van der Waals surface area contributed by atoms with Gasteiger partial charge in [-0.2, -0.15) is 0 Å². The maximum atomic E-state index is 6.28. The molecule has 0 saturated heterocycles. The van der Waals surface area contributed by atoms with Crippen LogP contribution in [0.2, 0.25) is 10.0 Å². The van der Waals surface area contributed by atoms with Gasteiger partial charge in [-0.3, -0.25) is 4.98 Å². The Hall–Kier alpha value is -0.610. The Balaban J connectivity index is 2.36. The molecule has 102 valence electrons. The number of hydrogen-bond acceptors (Lipinski definition) is 3. The van der Waals surface area contributed by atoms with Gasteiger partial charge in [0.1, 0.15) is 0 Å². The van der Waals surface area contributed by atoms with E-state index in [-0.39, 0.29) is 6.04 Å². The highest BCUT2D eigenvalue weighted by Crippen LogP contribution is 2.30. The number of hydrogen-bond donors (Lipinski definition) is 1. The van der Waals surface area contributed by atoms with Crippen LogP contribution in [0.15, 0.2) is 23.7 Å². The van der Waals surface area contributed by atoms with Crippen molar-refractivity contribution in [3.8, 4) is 0 Å². The van der Waals surface area contributed by atoms with E-state index in [1.54, 1.807) is 23.6 Å². The first kappa shape index (κ1) is 14.8. The molecule has 0 spiro atoms. The molecule has 1 unspecified atom stereocenters. The van der Waals surface area contributed by atoms with Gasteiger partial charge in [0.05, 0.1) is 21.8 Å². The molecule has 5 heteroatoms. The van der Waals surface area contributed by atoms with Gasteiger partial charge in [0.15, 0.2) is 0 Å². The van der Waals surface area contributed by atoms with Gasteiger partial charge in [-0.15, -0.1) is 11.3 Å². The zero-order chi connectivity index (χ0) is 13.8. The fraction of sp³-hybridized carbons (Fsp3) is 0.357. The molecule has 0 amide bonds. The third kappa shape index (κ3) is 3.69. The molecule has 1 N–H and O–H groups in total. The maximum absolute atomic E-state index is 6.28. The number of nitrogens with zero attached hydrogens (tertiary/aromatic N) is 1. The van der Waals surface area contributed by atoms with Crippen LogP contribution in [0.3, 0.4) is 0 Å². The second-order valence-electron chi connectivity index (χ2n) is 4.40. The molecule has 0 fully saturated rings. The first-order valence-electron chi connectivity index (χ1n) is 6.21. The summed E-state index contributed by atoms with van der Waals surface area (Å²) in [5, 5.41) is 6.80. The summed E-state index contributed by atoms with van der Waals surface area (Å²) >= 11 is 13.9. The molecule has 0 saturated carbocycles. The van der Waals surface area contributed by atoms with Crippen LogP contribution >= 0.6 is 34.5 Å². The highest BCUT2D eigenvalue weighted by molar-refractivity contribution is 7.10. The zero-order valence-corrected chi connectivity index (χ0v) is 13.2. The Kier molecular flexibility index (Phi) is 5.22. The van der Waals surface area contributed by atoms with Crippen molar-refractivity contribution in [1.29, 1.82) is 0 Å². The molecular weight excluding hydrogens is 299 g/mol. The third-order valence-corrected chi connectivity index (χ3v) is 4.18. The van der Waals surface area contributed by atoms with Crippen molar-refractivity contribution in [3.63, 3.8) is 0 Å². The van der Waals surface area contributed by atoms with Gasteiger partial charge in [-0.1, -0.05) is 30.1 Å². The molecule has 19 heavy (non-hydrogen) atoms. The lowest BCUT2D eigenvalue weighted by atomic mass is 10.1. The van der Waals surface area contributed by atoms with Gasteiger partial charge in [0.2, 0.25) is 0 Å². The van der Waals surface area contributed by atoms with Crippen molar-refractivity contribution in [1.82, 2.24) is 10.3 Å². The standard InChI is InChI=1S/C14H16Cl2N2S/c1-3-4-17-13(10-5-9(2)19-8-10)14-12(16)6-11(15)7-18-14/h5-8,13,17H,3-4H2,1-2H3. The monoisotopic (exact) mass is 314 g/mol. The fourth-order valence-electron chi connectivity index (χ4n) is 1.91. The van der Waals surface area contributed by atoms with Crippen molar-refractivity contribution < 1.29 is 0 Å². The van der Waals surface area contributed by atoms with E-state index >= 15 is 0 Å². The van der Waals surface area contributed by atoms with E-state index in [1.807, 2.05) is 0 Å². The van der Waals surface area contributed by atoms with Crippen LogP contribution in [0.4, 0.5) is 0 Å². The summed E-state index contributed by atoms with van der Waals surface area (Å²) in [5.41, 5.74) is 2.03. The second-order valence-corrected chi connectivity index (χ2v) is 6.36. The van der Waals surface area contributed by atoms with Gasteiger partial charge >= 0.3 is 0 Å². The van der Waals surface area contributed by atoms with Crippen LogP contribution in [0.1, 0.15) is 35.5 Å². The Labute approximate surface area is 127 Å². The van der Waals surface area contributed by atoms with Crippen molar-refractivity contribution in [2.45, 2.75) is 26.3 Å². The van der Waals surface area contributed by atoms with Crippen LogP contribution < -0.4 is 5.32 Å². The minimum Gasteiger partial charge on any atom is -0.305 e. The zero-order valence-electron chi connectivity index (χ0n) is 10.9. The number of thiophene rings is 1. The van der Waals surface area contributed by atoms with E-state index < -0.39 is 0 Å². The second kappa shape index (κ2) is 6.71. The van der Waals surface area contributed by atoms with E-state index in [4.69, 9.17) is 23.2 Å². The highest BCUT2D eigenvalue weighted by atomic mass is 35.5. The van der Waals surface area contributed by atoms with Crippen molar-refractivity contribution in [3.05, 3.63) is 49.9 Å². The largest absolute Gasteiger partial charge is 0.305 e. The lowest BCUT2D eigenvalue weighted by Gasteiger charge is -2.18. The number of halogens is 2. The van der Waals surface area contributed by atoms with E-state index in [0.29, 0.717) is 10.0 Å². The molecule has 2 rings (SSSR count). The predicted molar refractivity (Wildman–Crippen MR) is 83.4 cm³/mol. The van der Waals surface area contributed by atoms with Crippen LogP contribution in [-0.2, 0) is 0 Å². The number of pyridine rings is 1. The minimum absolute atomic E-state index is 0.0228. The Morgan fingerprint density at radius 3 is 2.74 bits per heavy atom. The summed E-state index contributed by atoms with van der Waals surface area (Å²) in [7, 11) is 0. The van der Waals surface area contributed by atoms with Crippen LogP contribution in [0.25, 0.3) is 0 Å². The van der Waals surface area contributed by atoms with Crippen LogP contribution in [-0.4, -0.2) is 11.5 Å². The molecule has 0 aromatic carbocycles. The van der Waals surface area contributed by atoms with Crippen LogP contribution in [0.5, 0.6) is 0 Å². The molecule has 0 radical (unpaired) electrons. The molecule has 0 aliphatic rings. The van der Waals surface area contributed by atoms with E-state index in [1.165, 1.54) is 10.4 Å². The SMILES string of the molecule is CCCNC(c1csc(C)c1)c1ncc(Cl)cc1Cl. The summed E-state index contributed by atoms with van der Waals surface area (Å²) in [5.74, 6) is 0. The number of aromatic nitrogens is 1. The topological polar surface area (TPSA) is 24.9 Å². The lowest BCUT2D eigenvalue weighted by molar-refractivity contribution is 0.588. The Bertz CT molecular complexity index is 554. The first-order valence-corrected chi connectivity index (χ1v) is 7.84. The molecule has 2 heterocycles. The average molecular weight is 315 g/mol. The van der Waals surface area contributed by atoms with Gasteiger partial charge in [-0.25, -0.2) is 0 Å². The molecule has 1 atom stereocenters. The molecule has 2 nitrogen and oxygen atoms in total. The number of rotatable bonds is 5. The van der Waals surface area contributed by atoms with E-state index in [0.717, 1.165) is 18.7 Å². The molecule has 0 bridgehead atoms. The number of nitrogens with one attached hydrogen (secondary N) is 1. The highest BCUT2D eigenvalue weighted by Gasteiger charge is 2.19. The molecule has 0 aliphatic carbocycles. The van der Waals surface area contributed by atoms with Gasteiger partial charge < -0.3 is 5.32 Å². The van der Waals surface area contributed by atoms with Crippen molar-refractivity contribution in [2.24, 2.45) is 0 Å². The summed E-state index contributed by atoms with van der Waals surface area (Å²) in [6.07, 6.45) is 2.70. The quantitative estimate of drug-likeness (QED) is 0.853. The van der Waals surface area contributed by atoms with E-state index in [2.05, 4.69) is 35.6 Å². The Morgan fingerprint density at radius 1 is 1.37 bits per heavy atom. The van der Waals surface area contributed by atoms with Crippen LogP contribution in [0, 0.1) is 6.92 Å². The summed E-state index contributed by atoms with van der Waals surface area (Å²) in [4.78, 5) is 5.68. The van der Waals surface area contributed by atoms with Crippen molar-refractivity contribution >= 4 is 34.5 Å². The summed E-state index contributed by atoms with van der Waals surface area (Å²) in [6.45, 7) is 5.15. The molecule has 2 aromatic heterocycles. The average Bonchev–Trinajstić information content (AvgIpc) is 2.78. The smallest absolute Gasteiger partial charge is 0.0805 e. The van der Waals surface area contributed by atoms with Gasteiger partial charge in [0.25, 0.3) is 0 Å². The fourth-order valence-corrected chi connectivity index (χ4v) is 3.13. The maximum Gasteiger partial charge on any atom is 0.0805 e. The molecular formula is C14H16Cl2N2S. The first-order chi connectivity index (χ1) is 9.11. The number of aryl methyl sites for hydroxylation is 1. The predicted octanol–water partition coefficient (Wildman–Crippen LogP) is 4.85.